The minimum atomic E-state index is 0. The molecule has 0 fully saturated rings. The Labute approximate surface area is 163 Å². The summed E-state index contributed by atoms with van der Waals surface area (Å²) in [4.78, 5) is 14.3. The first kappa shape index (κ1) is 22.0. The quantitative estimate of drug-likeness (QED) is 0.708. The van der Waals surface area contributed by atoms with E-state index in [4.69, 9.17) is 4.74 Å². The second-order valence-electron chi connectivity index (χ2n) is 6.02. The lowest BCUT2D eigenvalue weighted by atomic mass is 10.1. The second-order valence-corrected chi connectivity index (χ2v) is 6.02. The van der Waals surface area contributed by atoms with Crippen molar-refractivity contribution in [1.29, 1.82) is 0 Å². The monoisotopic (exact) mass is 376 g/mol. The van der Waals surface area contributed by atoms with Crippen molar-refractivity contribution in [1.82, 2.24) is 4.90 Å². The van der Waals surface area contributed by atoms with E-state index in [0.717, 1.165) is 36.5 Å². The van der Waals surface area contributed by atoms with Gasteiger partial charge >= 0.3 is 0 Å². The van der Waals surface area contributed by atoms with Crippen LogP contribution in [0.5, 0.6) is 5.75 Å². The maximum atomic E-state index is 12.2. The molecule has 0 aromatic heterocycles. The topological polar surface area (TPSA) is 41.6 Å². The van der Waals surface area contributed by atoms with Gasteiger partial charge in [0.05, 0.1) is 13.2 Å². The zero-order valence-electron chi connectivity index (χ0n) is 15.8. The van der Waals surface area contributed by atoms with E-state index in [1.165, 1.54) is 5.56 Å². The number of benzene rings is 2. The number of hydrogen-bond donors (Lipinski definition) is 1. The highest BCUT2D eigenvalue weighted by atomic mass is 35.5. The molecule has 2 aromatic rings. The third-order valence-corrected chi connectivity index (χ3v) is 4.31. The predicted octanol–water partition coefficient (Wildman–Crippen LogP) is 4.32. The molecule has 0 saturated heterocycles. The van der Waals surface area contributed by atoms with Crippen molar-refractivity contribution in [2.75, 3.05) is 31.6 Å². The first-order valence-corrected chi connectivity index (χ1v) is 8.92. The maximum Gasteiger partial charge on any atom is 0.238 e. The van der Waals surface area contributed by atoms with Crippen molar-refractivity contribution in [3.63, 3.8) is 0 Å². The van der Waals surface area contributed by atoms with Gasteiger partial charge in [-0.15, -0.1) is 12.4 Å². The Hall–Kier alpha value is -2.04. The minimum Gasteiger partial charge on any atom is -0.493 e. The Kier molecular flexibility index (Phi) is 9.78. The number of nitrogens with zero attached hydrogens (tertiary/aromatic N) is 1. The number of rotatable bonds is 9. The molecule has 2 rings (SSSR count). The number of halogens is 1. The SMILES string of the molecule is CCN(CC)CC(=O)Nc1cccc(OCCc2ccccc2)c1C.Cl. The molecule has 26 heavy (non-hydrogen) atoms. The van der Waals surface area contributed by atoms with Gasteiger partial charge in [0.1, 0.15) is 5.75 Å². The molecular formula is C21H29ClN2O2. The highest BCUT2D eigenvalue weighted by Crippen LogP contribution is 2.25. The van der Waals surface area contributed by atoms with E-state index < -0.39 is 0 Å². The summed E-state index contributed by atoms with van der Waals surface area (Å²) < 4.78 is 5.92. The summed E-state index contributed by atoms with van der Waals surface area (Å²) in [6.45, 7) is 8.85. The van der Waals surface area contributed by atoms with Crippen LogP contribution in [0.1, 0.15) is 25.0 Å². The van der Waals surface area contributed by atoms with E-state index in [1.807, 2.05) is 43.3 Å². The fourth-order valence-electron chi connectivity index (χ4n) is 2.67. The number of nitrogens with one attached hydrogen (secondary N) is 1. The van der Waals surface area contributed by atoms with Gasteiger partial charge < -0.3 is 10.1 Å². The Balaban J connectivity index is 0.00000338. The lowest BCUT2D eigenvalue weighted by Crippen LogP contribution is -2.33. The Bertz CT molecular complexity index is 673. The molecule has 1 N–H and O–H groups in total. The van der Waals surface area contributed by atoms with E-state index in [0.29, 0.717) is 13.2 Å². The molecular weight excluding hydrogens is 348 g/mol. The number of anilines is 1. The van der Waals surface area contributed by atoms with Crippen LogP contribution >= 0.6 is 12.4 Å². The van der Waals surface area contributed by atoms with Gasteiger partial charge in [0, 0.05) is 17.7 Å². The van der Waals surface area contributed by atoms with Crippen LogP contribution in [0.4, 0.5) is 5.69 Å². The lowest BCUT2D eigenvalue weighted by molar-refractivity contribution is -0.117. The third-order valence-electron chi connectivity index (χ3n) is 4.31. The van der Waals surface area contributed by atoms with Gasteiger partial charge in [-0.3, -0.25) is 9.69 Å². The van der Waals surface area contributed by atoms with E-state index in [1.54, 1.807) is 0 Å². The summed E-state index contributed by atoms with van der Waals surface area (Å²) in [5, 5.41) is 3.00. The average Bonchev–Trinajstić information content (AvgIpc) is 2.63. The highest BCUT2D eigenvalue weighted by Gasteiger charge is 2.11. The molecule has 0 bridgehead atoms. The number of carbonyl (C=O) groups excluding carboxylic acids is 1. The molecule has 142 valence electrons. The van der Waals surface area contributed by atoms with Crippen LogP contribution in [0.15, 0.2) is 48.5 Å². The van der Waals surface area contributed by atoms with Crippen molar-refractivity contribution in [2.45, 2.75) is 27.2 Å². The number of amides is 1. The van der Waals surface area contributed by atoms with Crippen LogP contribution in [0.25, 0.3) is 0 Å². The van der Waals surface area contributed by atoms with E-state index >= 15 is 0 Å². The van der Waals surface area contributed by atoms with E-state index in [2.05, 4.69) is 36.2 Å². The second kappa shape index (κ2) is 11.6. The number of hydrogen-bond acceptors (Lipinski definition) is 3. The molecule has 0 aliphatic heterocycles. The summed E-state index contributed by atoms with van der Waals surface area (Å²) in [5.41, 5.74) is 3.03. The van der Waals surface area contributed by atoms with Crippen molar-refractivity contribution in [3.05, 3.63) is 59.7 Å². The maximum absolute atomic E-state index is 12.2. The molecule has 0 radical (unpaired) electrons. The third kappa shape index (κ3) is 6.70. The van der Waals surface area contributed by atoms with Gasteiger partial charge in [-0.05, 0) is 37.7 Å². The van der Waals surface area contributed by atoms with Gasteiger partial charge in [0.25, 0.3) is 0 Å². The first-order chi connectivity index (χ1) is 12.1. The fraction of sp³-hybridized carbons (Fsp3) is 0.381. The molecule has 4 nitrogen and oxygen atoms in total. The summed E-state index contributed by atoms with van der Waals surface area (Å²) in [6, 6.07) is 16.1. The summed E-state index contributed by atoms with van der Waals surface area (Å²) in [7, 11) is 0. The van der Waals surface area contributed by atoms with Crippen LogP contribution < -0.4 is 10.1 Å². The van der Waals surface area contributed by atoms with Crippen LogP contribution in [-0.4, -0.2) is 37.0 Å². The molecule has 0 spiro atoms. The molecule has 0 aliphatic rings. The fourth-order valence-corrected chi connectivity index (χ4v) is 2.67. The Morgan fingerprint density at radius 1 is 1.04 bits per heavy atom. The van der Waals surface area contributed by atoms with Crippen molar-refractivity contribution >= 4 is 24.0 Å². The van der Waals surface area contributed by atoms with Crippen LogP contribution in [0, 0.1) is 6.92 Å². The summed E-state index contributed by atoms with van der Waals surface area (Å²) >= 11 is 0. The molecule has 2 aromatic carbocycles. The highest BCUT2D eigenvalue weighted by molar-refractivity contribution is 5.93. The van der Waals surface area contributed by atoms with Crippen LogP contribution in [0.2, 0.25) is 0 Å². The van der Waals surface area contributed by atoms with Gasteiger partial charge in [-0.1, -0.05) is 50.2 Å². The zero-order chi connectivity index (χ0) is 18.1. The van der Waals surface area contributed by atoms with Crippen molar-refractivity contribution in [3.8, 4) is 5.75 Å². The first-order valence-electron chi connectivity index (χ1n) is 8.92. The van der Waals surface area contributed by atoms with Crippen molar-refractivity contribution < 1.29 is 9.53 Å². The number of carbonyl (C=O) groups is 1. The van der Waals surface area contributed by atoms with Gasteiger partial charge in [-0.2, -0.15) is 0 Å². The van der Waals surface area contributed by atoms with Crippen LogP contribution in [-0.2, 0) is 11.2 Å². The molecule has 0 saturated carbocycles. The Morgan fingerprint density at radius 3 is 2.38 bits per heavy atom. The normalized spacial score (nSPS) is 10.3. The predicted molar refractivity (Wildman–Crippen MR) is 110 cm³/mol. The number of ether oxygens (including phenoxy) is 1. The molecule has 5 heteroatoms. The van der Waals surface area contributed by atoms with E-state index in [9.17, 15) is 4.79 Å². The van der Waals surface area contributed by atoms with Gasteiger partial charge in [-0.25, -0.2) is 0 Å². The van der Waals surface area contributed by atoms with Gasteiger partial charge in [0.15, 0.2) is 0 Å². The molecule has 0 aliphatic carbocycles. The minimum absolute atomic E-state index is 0. The smallest absolute Gasteiger partial charge is 0.238 e. The molecule has 0 atom stereocenters. The molecule has 1 amide bonds. The van der Waals surface area contributed by atoms with Gasteiger partial charge in [0.2, 0.25) is 5.91 Å². The van der Waals surface area contributed by atoms with Crippen LogP contribution in [0.3, 0.4) is 0 Å². The molecule has 0 unspecified atom stereocenters. The van der Waals surface area contributed by atoms with E-state index in [-0.39, 0.29) is 18.3 Å². The largest absolute Gasteiger partial charge is 0.493 e. The summed E-state index contributed by atoms with van der Waals surface area (Å²) in [5.74, 6) is 0.824. The summed E-state index contributed by atoms with van der Waals surface area (Å²) in [6.07, 6.45) is 0.860. The zero-order valence-corrected chi connectivity index (χ0v) is 16.6. The standard InChI is InChI=1S/C21H28N2O2.ClH/c1-4-23(5-2)16-21(24)22-19-12-9-13-20(17(19)3)25-15-14-18-10-7-6-8-11-18;/h6-13H,4-5,14-16H2,1-3H3,(H,22,24);1H. The lowest BCUT2D eigenvalue weighted by Gasteiger charge is -2.18. The number of likely N-dealkylation sites (N-methyl/N-ethyl adjacent to an activating group) is 1. The average molecular weight is 377 g/mol. The Morgan fingerprint density at radius 2 is 1.73 bits per heavy atom. The molecule has 0 heterocycles. The van der Waals surface area contributed by atoms with Crippen molar-refractivity contribution in [2.24, 2.45) is 0 Å².